The second-order valence-corrected chi connectivity index (χ2v) is 7.83. The lowest BCUT2D eigenvalue weighted by Gasteiger charge is -2.22. The van der Waals surface area contributed by atoms with Gasteiger partial charge in [0.2, 0.25) is 0 Å². The Kier molecular flexibility index (Phi) is 5.44. The van der Waals surface area contributed by atoms with Gasteiger partial charge < -0.3 is 13.9 Å². The Balaban J connectivity index is 1.53. The van der Waals surface area contributed by atoms with E-state index in [0.717, 1.165) is 23.8 Å². The highest BCUT2D eigenvalue weighted by Gasteiger charge is 2.37. The Morgan fingerprint density at radius 3 is 2.53 bits per heavy atom. The number of ether oxygens (including phenoxy) is 2. The van der Waals surface area contributed by atoms with Gasteiger partial charge in [-0.3, -0.25) is 0 Å². The molecule has 3 aromatic rings. The summed E-state index contributed by atoms with van der Waals surface area (Å²) in [5, 5.41) is 0.827. The van der Waals surface area contributed by atoms with E-state index in [2.05, 4.69) is 6.58 Å². The van der Waals surface area contributed by atoms with Crippen molar-refractivity contribution in [1.29, 1.82) is 0 Å². The minimum atomic E-state index is -0.383. The lowest BCUT2D eigenvalue weighted by Crippen LogP contribution is -2.28. The van der Waals surface area contributed by atoms with Crippen LogP contribution in [0.3, 0.4) is 0 Å². The van der Waals surface area contributed by atoms with Gasteiger partial charge in [0.25, 0.3) is 0 Å². The van der Waals surface area contributed by atoms with Crippen molar-refractivity contribution in [2.24, 2.45) is 5.92 Å². The highest BCUT2D eigenvalue weighted by Crippen LogP contribution is 2.33. The van der Waals surface area contributed by atoms with Crippen molar-refractivity contribution in [2.75, 3.05) is 0 Å². The molecule has 154 valence electrons. The number of carbonyl (C=O) groups excluding carboxylic acids is 1. The zero-order valence-corrected chi connectivity index (χ0v) is 17.1. The predicted octanol–water partition coefficient (Wildman–Crippen LogP) is 5.13. The molecular weight excluding hydrogens is 380 g/mol. The van der Waals surface area contributed by atoms with Gasteiger partial charge in [0.1, 0.15) is 23.5 Å². The molecule has 1 heterocycles. The lowest BCUT2D eigenvalue weighted by atomic mass is 10.1. The Hall–Kier alpha value is -3.34. The summed E-state index contributed by atoms with van der Waals surface area (Å²) in [5.41, 5.74) is 1.85. The van der Waals surface area contributed by atoms with E-state index in [1.165, 1.54) is 0 Å². The molecule has 3 unspecified atom stereocenters. The quantitative estimate of drug-likeness (QED) is 0.335. The van der Waals surface area contributed by atoms with Gasteiger partial charge in [-0.25, -0.2) is 9.59 Å². The third-order valence-corrected chi connectivity index (χ3v) is 5.60. The van der Waals surface area contributed by atoms with Crippen molar-refractivity contribution in [3.63, 3.8) is 0 Å². The van der Waals surface area contributed by atoms with E-state index >= 15 is 0 Å². The van der Waals surface area contributed by atoms with Gasteiger partial charge in [0.15, 0.2) is 0 Å². The SMILES string of the molecule is C=C(C)C(=O)OC1CCC(Oc2ccc3cc(-c4ccccc4)c(=O)oc3c2)C1C. The average Bonchev–Trinajstić information content (AvgIpc) is 3.07. The molecule has 1 aliphatic carbocycles. The van der Waals surface area contributed by atoms with E-state index in [1.807, 2.05) is 55.5 Å². The first kappa shape index (κ1) is 20.0. The van der Waals surface area contributed by atoms with Crippen LogP contribution in [0.5, 0.6) is 5.75 Å². The van der Waals surface area contributed by atoms with Gasteiger partial charge in [-0.15, -0.1) is 0 Å². The molecule has 3 atom stereocenters. The number of hydrogen-bond acceptors (Lipinski definition) is 5. The topological polar surface area (TPSA) is 65.7 Å². The smallest absolute Gasteiger partial charge is 0.344 e. The number of rotatable bonds is 5. The van der Waals surface area contributed by atoms with Crippen molar-refractivity contribution < 1.29 is 18.7 Å². The molecule has 1 saturated carbocycles. The summed E-state index contributed by atoms with van der Waals surface area (Å²) >= 11 is 0. The Morgan fingerprint density at radius 2 is 1.80 bits per heavy atom. The van der Waals surface area contributed by atoms with E-state index in [9.17, 15) is 9.59 Å². The number of hydrogen-bond donors (Lipinski definition) is 0. The van der Waals surface area contributed by atoms with Gasteiger partial charge >= 0.3 is 11.6 Å². The second kappa shape index (κ2) is 8.19. The molecule has 0 amide bonds. The highest BCUT2D eigenvalue weighted by atomic mass is 16.5. The predicted molar refractivity (Wildman–Crippen MR) is 115 cm³/mol. The molecule has 0 saturated heterocycles. The van der Waals surface area contributed by atoms with E-state index in [-0.39, 0.29) is 29.7 Å². The molecule has 1 fully saturated rings. The summed E-state index contributed by atoms with van der Waals surface area (Å²) in [5.74, 6) is 0.313. The van der Waals surface area contributed by atoms with E-state index < -0.39 is 0 Å². The van der Waals surface area contributed by atoms with Gasteiger partial charge in [0, 0.05) is 22.9 Å². The average molecular weight is 404 g/mol. The highest BCUT2D eigenvalue weighted by molar-refractivity contribution is 5.87. The van der Waals surface area contributed by atoms with Crippen LogP contribution in [0.15, 0.2) is 76.0 Å². The molecule has 0 N–H and O–H groups in total. The fourth-order valence-electron chi connectivity index (χ4n) is 3.82. The standard InChI is InChI=1S/C25H24O5/c1-15(2)24(26)29-22-12-11-21(16(22)3)28-19-10-9-18-13-20(17-7-5-4-6-8-17)25(27)30-23(18)14-19/h4-10,13-14,16,21-22H,1,11-12H2,2-3H3. The zero-order valence-electron chi connectivity index (χ0n) is 17.1. The first-order chi connectivity index (χ1) is 14.4. The molecule has 1 aromatic heterocycles. The van der Waals surface area contributed by atoms with Crippen LogP contribution in [0.25, 0.3) is 22.1 Å². The Bertz CT molecular complexity index is 1150. The monoisotopic (exact) mass is 404 g/mol. The maximum absolute atomic E-state index is 12.5. The van der Waals surface area contributed by atoms with Crippen LogP contribution in [0.2, 0.25) is 0 Å². The number of carbonyl (C=O) groups is 1. The van der Waals surface area contributed by atoms with Crippen LogP contribution in [0.4, 0.5) is 0 Å². The fourth-order valence-corrected chi connectivity index (χ4v) is 3.82. The minimum Gasteiger partial charge on any atom is -0.490 e. The fraction of sp³-hybridized carbons (Fsp3) is 0.280. The van der Waals surface area contributed by atoms with Crippen LogP contribution < -0.4 is 10.4 Å². The van der Waals surface area contributed by atoms with E-state index in [0.29, 0.717) is 22.5 Å². The van der Waals surface area contributed by atoms with Crippen molar-refractivity contribution in [3.05, 3.63) is 77.2 Å². The molecule has 1 aliphatic rings. The van der Waals surface area contributed by atoms with Crippen molar-refractivity contribution >= 4 is 16.9 Å². The summed E-state index contributed by atoms with van der Waals surface area (Å²) in [4.78, 5) is 24.3. The third kappa shape index (κ3) is 4.01. The Labute approximate surface area is 174 Å². The van der Waals surface area contributed by atoms with E-state index in [4.69, 9.17) is 13.9 Å². The van der Waals surface area contributed by atoms with Gasteiger partial charge in [-0.2, -0.15) is 0 Å². The third-order valence-electron chi connectivity index (χ3n) is 5.60. The largest absolute Gasteiger partial charge is 0.490 e. The van der Waals surface area contributed by atoms with Crippen molar-refractivity contribution in [3.8, 4) is 16.9 Å². The van der Waals surface area contributed by atoms with Gasteiger partial charge in [0.05, 0.1) is 5.56 Å². The maximum atomic E-state index is 12.5. The molecule has 30 heavy (non-hydrogen) atoms. The number of benzene rings is 2. The molecule has 4 rings (SSSR count). The summed E-state index contributed by atoms with van der Waals surface area (Å²) in [6, 6.07) is 16.8. The molecule has 0 spiro atoms. The molecule has 0 aliphatic heterocycles. The van der Waals surface area contributed by atoms with Gasteiger partial charge in [-0.05, 0) is 43.5 Å². The minimum absolute atomic E-state index is 0.0523. The maximum Gasteiger partial charge on any atom is 0.344 e. The van der Waals surface area contributed by atoms with Crippen molar-refractivity contribution in [2.45, 2.75) is 38.9 Å². The first-order valence-corrected chi connectivity index (χ1v) is 10.1. The number of esters is 1. The van der Waals surface area contributed by atoms with Crippen LogP contribution in [0.1, 0.15) is 26.7 Å². The van der Waals surface area contributed by atoms with Crippen LogP contribution in [-0.4, -0.2) is 18.2 Å². The first-order valence-electron chi connectivity index (χ1n) is 10.1. The summed E-state index contributed by atoms with van der Waals surface area (Å²) < 4.78 is 17.2. The second-order valence-electron chi connectivity index (χ2n) is 7.83. The van der Waals surface area contributed by atoms with Crippen LogP contribution in [-0.2, 0) is 9.53 Å². The van der Waals surface area contributed by atoms with Crippen LogP contribution >= 0.6 is 0 Å². The molecule has 0 bridgehead atoms. The summed E-state index contributed by atoms with van der Waals surface area (Å²) in [6.45, 7) is 7.28. The zero-order chi connectivity index (χ0) is 21.3. The lowest BCUT2D eigenvalue weighted by molar-refractivity contribution is -0.146. The summed E-state index contributed by atoms with van der Waals surface area (Å²) in [6.07, 6.45) is 1.25. The number of fused-ring (bicyclic) bond motifs is 1. The van der Waals surface area contributed by atoms with Crippen molar-refractivity contribution in [1.82, 2.24) is 0 Å². The molecule has 5 nitrogen and oxygen atoms in total. The molecule has 0 radical (unpaired) electrons. The molecule has 5 heteroatoms. The molecular formula is C25H24O5. The molecule has 2 aromatic carbocycles. The Morgan fingerprint density at radius 1 is 1.07 bits per heavy atom. The van der Waals surface area contributed by atoms with Crippen LogP contribution in [0, 0.1) is 5.92 Å². The normalized spacial score (nSPS) is 20.8. The summed E-state index contributed by atoms with van der Waals surface area (Å²) in [7, 11) is 0. The van der Waals surface area contributed by atoms with Gasteiger partial charge in [-0.1, -0.05) is 43.8 Å². The van der Waals surface area contributed by atoms with E-state index in [1.54, 1.807) is 13.0 Å².